The molecule has 6 nitrogen and oxygen atoms in total. The largest absolute Gasteiger partial charge is 0.303 e. The van der Waals surface area contributed by atoms with Crippen molar-refractivity contribution in [3.8, 4) is 11.3 Å². The molecule has 3 aromatic heterocycles. The number of hydrogen-bond acceptors (Lipinski definition) is 5. The first-order chi connectivity index (χ1) is 9.05. The Balaban J connectivity index is 2.35. The molecule has 3 heterocycles. The topological polar surface area (TPSA) is 77.2 Å². The smallest absolute Gasteiger partial charge is 0.199 e. The molecule has 0 radical (unpaired) electrons. The monoisotopic (exact) mass is 274 g/mol. The van der Waals surface area contributed by atoms with E-state index in [-0.39, 0.29) is 5.03 Å². The zero-order chi connectivity index (χ0) is 13.5. The highest BCUT2D eigenvalue weighted by atomic mass is 32.2. The van der Waals surface area contributed by atoms with Crippen LogP contribution >= 0.6 is 0 Å². The van der Waals surface area contributed by atoms with E-state index in [4.69, 9.17) is 0 Å². The first kappa shape index (κ1) is 11.8. The van der Waals surface area contributed by atoms with Crippen LogP contribution in [0.5, 0.6) is 0 Å². The predicted molar refractivity (Wildman–Crippen MR) is 69.3 cm³/mol. The average molecular weight is 274 g/mol. The van der Waals surface area contributed by atoms with Gasteiger partial charge in [0.05, 0.1) is 5.69 Å². The SMILES string of the molecule is CS(=O)(=O)c1nc(-c2cccnc2)cn2ccnc12. The molecule has 0 atom stereocenters. The van der Waals surface area contributed by atoms with Crippen molar-refractivity contribution < 1.29 is 8.42 Å². The van der Waals surface area contributed by atoms with Crippen molar-refractivity contribution >= 4 is 15.5 Å². The van der Waals surface area contributed by atoms with E-state index in [2.05, 4.69) is 15.0 Å². The Labute approximate surface area is 109 Å². The number of imidazole rings is 1. The van der Waals surface area contributed by atoms with Gasteiger partial charge in [0.1, 0.15) is 0 Å². The predicted octanol–water partition coefficient (Wildman–Crippen LogP) is 1.19. The highest BCUT2D eigenvalue weighted by Gasteiger charge is 2.17. The molecule has 0 bridgehead atoms. The third-order valence-corrected chi connectivity index (χ3v) is 3.63. The quantitative estimate of drug-likeness (QED) is 0.701. The van der Waals surface area contributed by atoms with E-state index in [0.29, 0.717) is 11.3 Å². The van der Waals surface area contributed by atoms with Gasteiger partial charge in [0.15, 0.2) is 20.5 Å². The zero-order valence-electron chi connectivity index (χ0n) is 10.1. The van der Waals surface area contributed by atoms with E-state index in [0.717, 1.165) is 11.8 Å². The summed E-state index contributed by atoms with van der Waals surface area (Å²) >= 11 is 0. The lowest BCUT2D eigenvalue weighted by molar-refractivity contribution is 0.598. The van der Waals surface area contributed by atoms with Gasteiger partial charge in [0, 0.05) is 42.8 Å². The number of pyridine rings is 1. The number of nitrogens with zero attached hydrogens (tertiary/aromatic N) is 4. The number of fused-ring (bicyclic) bond motifs is 1. The van der Waals surface area contributed by atoms with Gasteiger partial charge in [-0.1, -0.05) is 0 Å². The fraction of sp³-hybridized carbons (Fsp3) is 0.0833. The highest BCUT2D eigenvalue weighted by Crippen LogP contribution is 2.20. The van der Waals surface area contributed by atoms with E-state index in [9.17, 15) is 8.42 Å². The lowest BCUT2D eigenvalue weighted by Crippen LogP contribution is -2.05. The standard InChI is InChI=1S/C12H10N4O2S/c1-19(17,18)12-11-14-5-6-16(11)8-10(15-12)9-3-2-4-13-7-9/h2-8H,1H3. The Bertz CT molecular complexity index is 841. The van der Waals surface area contributed by atoms with E-state index in [1.807, 2.05) is 6.07 Å². The summed E-state index contributed by atoms with van der Waals surface area (Å²) in [6, 6.07) is 3.60. The molecular weight excluding hydrogens is 264 g/mol. The minimum atomic E-state index is -3.44. The summed E-state index contributed by atoms with van der Waals surface area (Å²) in [7, 11) is -3.44. The fourth-order valence-electron chi connectivity index (χ4n) is 1.80. The van der Waals surface area contributed by atoms with Crippen molar-refractivity contribution in [2.45, 2.75) is 5.03 Å². The van der Waals surface area contributed by atoms with Gasteiger partial charge in [0.25, 0.3) is 0 Å². The third-order valence-electron chi connectivity index (χ3n) is 2.65. The molecule has 0 fully saturated rings. The van der Waals surface area contributed by atoms with Crippen molar-refractivity contribution in [3.05, 3.63) is 43.1 Å². The molecule has 0 aliphatic heterocycles. The highest BCUT2D eigenvalue weighted by molar-refractivity contribution is 7.90. The second-order valence-corrected chi connectivity index (χ2v) is 6.03. The summed E-state index contributed by atoms with van der Waals surface area (Å²) in [5.41, 5.74) is 1.62. The maximum atomic E-state index is 11.8. The first-order valence-corrected chi connectivity index (χ1v) is 7.39. The molecule has 0 saturated carbocycles. The molecule has 3 aromatic rings. The maximum absolute atomic E-state index is 11.8. The van der Waals surface area contributed by atoms with Gasteiger partial charge in [-0.25, -0.2) is 18.4 Å². The Kier molecular flexibility index (Phi) is 2.56. The second-order valence-electron chi connectivity index (χ2n) is 4.10. The molecule has 0 aliphatic rings. The van der Waals surface area contributed by atoms with Crippen molar-refractivity contribution in [2.75, 3.05) is 6.26 Å². The number of aromatic nitrogens is 4. The van der Waals surface area contributed by atoms with Crippen LogP contribution in [0, 0.1) is 0 Å². The lowest BCUT2D eigenvalue weighted by Gasteiger charge is -2.05. The normalized spacial score (nSPS) is 11.8. The summed E-state index contributed by atoms with van der Waals surface area (Å²) in [4.78, 5) is 12.2. The van der Waals surface area contributed by atoms with Crippen LogP contribution in [0.3, 0.4) is 0 Å². The van der Waals surface area contributed by atoms with Crippen LogP contribution in [0.1, 0.15) is 0 Å². The molecule has 3 rings (SSSR count). The van der Waals surface area contributed by atoms with Crippen LogP contribution in [-0.4, -0.2) is 34.0 Å². The van der Waals surface area contributed by atoms with Gasteiger partial charge in [-0.05, 0) is 12.1 Å². The fourth-order valence-corrected chi connectivity index (χ4v) is 2.56. The molecule has 0 aromatic carbocycles. The van der Waals surface area contributed by atoms with Gasteiger partial charge < -0.3 is 4.40 Å². The van der Waals surface area contributed by atoms with E-state index in [1.54, 1.807) is 41.5 Å². The van der Waals surface area contributed by atoms with E-state index < -0.39 is 9.84 Å². The van der Waals surface area contributed by atoms with Gasteiger partial charge in [-0.2, -0.15) is 0 Å². The van der Waals surface area contributed by atoms with Crippen LogP contribution in [-0.2, 0) is 9.84 Å². The summed E-state index contributed by atoms with van der Waals surface area (Å²) in [5.74, 6) is 0. The van der Waals surface area contributed by atoms with Crippen LogP contribution in [0.25, 0.3) is 16.9 Å². The van der Waals surface area contributed by atoms with Crippen molar-refractivity contribution in [1.29, 1.82) is 0 Å². The Morgan fingerprint density at radius 1 is 1.26 bits per heavy atom. The molecule has 19 heavy (non-hydrogen) atoms. The Hall–Kier alpha value is -2.28. The van der Waals surface area contributed by atoms with Gasteiger partial charge in [-0.15, -0.1) is 0 Å². The third kappa shape index (κ3) is 2.08. The molecule has 0 spiro atoms. The van der Waals surface area contributed by atoms with Crippen LogP contribution in [0.4, 0.5) is 0 Å². The minimum absolute atomic E-state index is 0.0288. The van der Waals surface area contributed by atoms with Crippen molar-refractivity contribution in [3.63, 3.8) is 0 Å². The number of hydrogen-bond donors (Lipinski definition) is 0. The van der Waals surface area contributed by atoms with E-state index in [1.165, 1.54) is 0 Å². The van der Waals surface area contributed by atoms with Gasteiger partial charge in [0.2, 0.25) is 0 Å². The minimum Gasteiger partial charge on any atom is -0.303 e. The molecule has 0 aliphatic carbocycles. The summed E-state index contributed by atoms with van der Waals surface area (Å²) in [6.45, 7) is 0. The van der Waals surface area contributed by atoms with Crippen LogP contribution in [0.15, 0.2) is 48.1 Å². The van der Waals surface area contributed by atoms with E-state index >= 15 is 0 Å². The number of rotatable bonds is 2. The summed E-state index contributed by atoms with van der Waals surface area (Å²) < 4.78 is 25.2. The summed E-state index contributed by atoms with van der Waals surface area (Å²) in [6.07, 6.45) is 9.36. The molecule has 0 saturated heterocycles. The molecule has 0 unspecified atom stereocenters. The average Bonchev–Trinajstić information content (AvgIpc) is 2.85. The molecule has 7 heteroatoms. The Morgan fingerprint density at radius 3 is 2.79 bits per heavy atom. The lowest BCUT2D eigenvalue weighted by atomic mass is 10.2. The molecule has 96 valence electrons. The van der Waals surface area contributed by atoms with Crippen LogP contribution < -0.4 is 0 Å². The Morgan fingerprint density at radius 2 is 2.11 bits per heavy atom. The first-order valence-electron chi connectivity index (χ1n) is 5.50. The van der Waals surface area contributed by atoms with Crippen molar-refractivity contribution in [2.24, 2.45) is 0 Å². The zero-order valence-corrected chi connectivity index (χ0v) is 10.9. The summed E-state index contributed by atoms with van der Waals surface area (Å²) in [5, 5.41) is -0.0288. The van der Waals surface area contributed by atoms with Gasteiger partial charge in [-0.3, -0.25) is 4.98 Å². The maximum Gasteiger partial charge on any atom is 0.199 e. The second kappa shape index (κ2) is 4.13. The number of sulfone groups is 1. The van der Waals surface area contributed by atoms with Crippen LogP contribution in [0.2, 0.25) is 0 Å². The molecule has 0 amide bonds. The van der Waals surface area contributed by atoms with Crippen molar-refractivity contribution in [1.82, 2.24) is 19.4 Å². The molecule has 0 N–H and O–H groups in total. The van der Waals surface area contributed by atoms with Gasteiger partial charge >= 0.3 is 0 Å². The molecular formula is C12H10N4O2S.